The van der Waals surface area contributed by atoms with Crippen LogP contribution in [0.2, 0.25) is 0 Å². The van der Waals surface area contributed by atoms with Gasteiger partial charge in [-0.3, -0.25) is 0 Å². The molecule has 3 atom stereocenters. The van der Waals surface area contributed by atoms with Gasteiger partial charge in [0.25, 0.3) is 0 Å². The molecule has 3 saturated carbocycles. The van der Waals surface area contributed by atoms with Gasteiger partial charge in [-0.2, -0.15) is 13.2 Å². The quantitative estimate of drug-likeness (QED) is 0.0846. The summed E-state index contributed by atoms with van der Waals surface area (Å²) in [6.07, 6.45) is 34.6. The van der Waals surface area contributed by atoms with Crippen molar-refractivity contribution in [1.29, 1.82) is 0 Å². The molecule has 3 aromatic rings. The van der Waals surface area contributed by atoms with Gasteiger partial charge in [0.1, 0.15) is 0 Å². The highest BCUT2D eigenvalue weighted by atomic mass is 19.1. The molecule has 0 aromatic carbocycles. The molecule has 3 aliphatic rings. The fourth-order valence-corrected chi connectivity index (χ4v) is 12.2. The molecule has 0 amide bonds. The molecule has 3 aromatic heterocycles. The Balaban J connectivity index is 1.43. The van der Waals surface area contributed by atoms with Crippen LogP contribution in [0.4, 0.5) is 13.2 Å². The first kappa shape index (κ1) is 43.8. The van der Waals surface area contributed by atoms with Crippen LogP contribution in [0.15, 0.2) is 55.0 Å². The summed E-state index contributed by atoms with van der Waals surface area (Å²) in [7, 11) is 0. The lowest BCUT2D eigenvalue weighted by Crippen LogP contribution is -2.44. The monoisotopic (exact) mass is 786 g/mol. The summed E-state index contributed by atoms with van der Waals surface area (Å²) in [5.41, 5.74) is 3.18. The summed E-state index contributed by atoms with van der Waals surface area (Å²) in [6, 6.07) is 10.7. The first-order valence-corrected chi connectivity index (χ1v) is 23.6. The van der Waals surface area contributed by atoms with E-state index in [-0.39, 0.29) is 11.3 Å². The molecule has 6 heteroatoms. The number of rotatable bonds is 20. The summed E-state index contributed by atoms with van der Waals surface area (Å²) < 4.78 is 43.6. The molecule has 0 radical (unpaired) electrons. The first-order chi connectivity index (χ1) is 27.8. The second-order valence-corrected chi connectivity index (χ2v) is 19.1. The van der Waals surface area contributed by atoms with Crippen LogP contribution in [0, 0.1) is 59.3 Å². The average molecular weight is 786 g/mol. The van der Waals surface area contributed by atoms with E-state index in [1.165, 1.54) is 146 Å². The number of halogens is 3. The Morgan fingerprint density at radius 3 is 1.67 bits per heavy atom. The van der Waals surface area contributed by atoms with Crippen molar-refractivity contribution in [3.05, 3.63) is 89.5 Å². The zero-order valence-electron chi connectivity index (χ0n) is 35.8. The maximum Gasteiger partial charge on any atom is 0.212 e. The zero-order chi connectivity index (χ0) is 40.0. The van der Waals surface area contributed by atoms with Crippen LogP contribution >= 0.6 is 0 Å². The Labute approximate surface area is 344 Å². The van der Waals surface area contributed by atoms with Gasteiger partial charge in [-0.25, -0.2) is 15.0 Å². The van der Waals surface area contributed by atoms with Crippen molar-refractivity contribution in [2.75, 3.05) is 0 Å². The van der Waals surface area contributed by atoms with Crippen LogP contribution in [0.5, 0.6) is 0 Å². The molecule has 0 N–H and O–H groups in total. The minimum Gasteiger partial charge on any atom is -0.228 e. The highest BCUT2D eigenvalue weighted by Gasteiger charge is 2.48. The summed E-state index contributed by atoms with van der Waals surface area (Å²) >= 11 is 0. The van der Waals surface area contributed by atoms with E-state index in [9.17, 15) is 13.2 Å². The van der Waals surface area contributed by atoms with Crippen LogP contribution < -0.4 is 0 Å². The third-order valence-electron chi connectivity index (χ3n) is 15.5. The van der Waals surface area contributed by atoms with Crippen molar-refractivity contribution in [3.8, 4) is 0 Å². The lowest BCUT2D eigenvalue weighted by atomic mass is 9.54. The molecule has 57 heavy (non-hydrogen) atoms. The Morgan fingerprint density at radius 2 is 1.11 bits per heavy atom. The number of hydrogen-bond acceptors (Lipinski definition) is 3. The Bertz CT molecular complexity index is 1550. The third-order valence-corrected chi connectivity index (χ3v) is 15.5. The van der Waals surface area contributed by atoms with E-state index >= 15 is 0 Å². The van der Waals surface area contributed by atoms with Crippen molar-refractivity contribution in [1.82, 2.24) is 15.0 Å². The van der Waals surface area contributed by atoms with Crippen LogP contribution in [0.3, 0.4) is 0 Å². The van der Waals surface area contributed by atoms with Crippen molar-refractivity contribution in [3.63, 3.8) is 0 Å². The highest BCUT2D eigenvalue weighted by molar-refractivity contribution is 5.29. The van der Waals surface area contributed by atoms with Crippen LogP contribution in [-0.2, 0) is 11.8 Å². The minimum atomic E-state index is -0.432. The van der Waals surface area contributed by atoms with E-state index in [2.05, 4.69) is 41.8 Å². The fourth-order valence-electron chi connectivity index (χ4n) is 12.2. The average Bonchev–Trinajstić information content (AvgIpc) is 3.24. The number of unbranched alkanes of at least 4 members (excludes halogenated alkanes) is 3. The predicted octanol–water partition coefficient (Wildman–Crippen LogP) is 14.9. The molecule has 3 unspecified atom stereocenters. The fraction of sp³-hybridized carbons (Fsp3) is 0.706. The van der Waals surface area contributed by atoms with Gasteiger partial charge in [0, 0.05) is 24.0 Å². The van der Waals surface area contributed by atoms with E-state index < -0.39 is 17.8 Å². The number of nitrogens with zero attached hydrogens (tertiary/aromatic N) is 3. The Kier molecular flexibility index (Phi) is 16.9. The van der Waals surface area contributed by atoms with Crippen LogP contribution in [0.1, 0.15) is 191 Å². The molecule has 6 rings (SSSR count). The lowest BCUT2D eigenvalue weighted by molar-refractivity contribution is 0.0798. The molecule has 3 fully saturated rings. The minimum absolute atomic E-state index is 0.214. The first-order valence-electron chi connectivity index (χ1n) is 23.6. The standard InChI is InChI=1S/C51H74F3N3/c1-4-7-9-12-39-17-25-45(26-18-39)51(46-27-30-50(54)57-36-46,32-44(31-40-19-28-48(52)55-34-40)41-20-13-37(10-6-3)14-21-41)33-47(43-24-29-49(53)56-35-43)42-22-15-38(16-23-42)11-8-5-2/h19,24,27-30,34-39,41-42,44-45,47H,4-18,20-23,25-26,31-33H2,1-3H3. The van der Waals surface area contributed by atoms with Crippen molar-refractivity contribution >= 4 is 0 Å². The van der Waals surface area contributed by atoms with E-state index in [0.717, 1.165) is 48.1 Å². The van der Waals surface area contributed by atoms with Gasteiger partial charge in [-0.1, -0.05) is 135 Å². The normalized spacial score (nSPS) is 26.4. The smallest absolute Gasteiger partial charge is 0.212 e. The van der Waals surface area contributed by atoms with E-state index in [1.54, 1.807) is 18.3 Å². The van der Waals surface area contributed by atoms with Gasteiger partial charge in [0.05, 0.1) is 0 Å². The topological polar surface area (TPSA) is 38.7 Å². The Hall–Kier alpha value is -2.76. The summed E-state index contributed by atoms with van der Waals surface area (Å²) in [5.74, 6) is 3.11. The molecule has 314 valence electrons. The van der Waals surface area contributed by atoms with Crippen LogP contribution in [-0.4, -0.2) is 15.0 Å². The Morgan fingerprint density at radius 1 is 0.544 bits per heavy atom. The van der Waals surface area contributed by atoms with Crippen molar-refractivity contribution in [2.24, 2.45) is 41.4 Å². The molecular formula is C51H74F3N3. The van der Waals surface area contributed by atoms with Gasteiger partial charge >= 0.3 is 0 Å². The molecule has 0 aliphatic heterocycles. The number of hydrogen-bond donors (Lipinski definition) is 0. The zero-order valence-corrected chi connectivity index (χ0v) is 35.8. The SMILES string of the molecule is CCCCCC1CCC(C(CC(Cc2ccc(F)nc2)C2CCC(CCC)CC2)(CC(c2ccc(F)nc2)C2CCC(CCCC)CC2)c2ccc(F)nc2)CC1. The maximum atomic E-state index is 14.9. The molecule has 0 bridgehead atoms. The largest absolute Gasteiger partial charge is 0.228 e. The molecule has 3 aliphatic carbocycles. The number of pyridine rings is 3. The summed E-state index contributed by atoms with van der Waals surface area (Å²) in [5, 5.41) is 0. The molecule has 3 heterocycles. The molecular weight excluding hydrogens is 712 g/mol. The van der Waals surface area contributed by atoms with Crippen molar-refractivity contribution < 1.29 is 13.2 Å². The van der Waals surface area contributed by atoms with E-state index in [0.29, 0.717) is 23.7 Å². The predicted molar refractivity (Wildman–Crippen MR) is 228 cm³/mol. The molecule has 0 saturated heterocycles. The van der Waals surface area contributed by atoms with Crippen LogP contribution in [0.25, 0.3) is 0 Å². The van der Waals surface area contributed by atoms with Crippen molar-refractivity contribution in [2.45, 2.75) is 186 Å². The second-order valence-electron chi connectivity index (χ2n) is 19.1. The maximum absolute atomic E-state index is 14.9. The van der Waals surface area contributed by atoms with E-state index in [4.69, 9.17) is 0 Å². The molecule has 0 spiro atoms. The third kappa shape index (κ3) is 12.2. The summed E-state index contributed by atoms with van der Waals surface area (Å²) in [4.78, 5) is 12.8. The van der Waals surface area contributed by atoms with E-state index in [1.807, 2.05) is 24.5 Å². The second kappa shape index (κ2) is 22.0. The lowest BCUT2D eigenvalue weighted by Gasteiger charge is -2.50. The van der Waals surface area contributed by atoms with Gasteiger partial charge in [-0.15, -0.1) is 0 Å². The highest BCUT2D eigenvalue weighted by Crippen LogP contribution is 2.56. The molecule has 3 nitrogen and oxygen atoms in total. The summed E-state index contributed by atoms with van der Waals surface area (Å²) in [6.45, 7) is 6.90. The van der Waals surface area contributed by atoms with Gasteiger partial charge in [0.2, 0.25) is 17.8 Å². The van der Waals surface area contributed by atoms with Gasteiger partial charge in [0.15, 0.2) is 0 Å². The van der Waals surface area contributed by atoms with Gasteiger partial charge in [-0.05, 0) is 140 Å². The van der Waals surface area contributed by atoms with Gasteiger partial charge < -0.3 is 0 Å². The number of aromatic nitrogens is 3.